The van der Waals surface area contributed by atoms with Crippen LogP contribution in [0.5, 0.6) is 5.75 Å². The zero-order valence-corrected chi connectivity index (χ0v) is 15.0. The van der Waals surface area contributed by atoms with E-state index < -0.39 is 0 Å². The molecule has 0 radical (unpaired) electrons. The summed E-state index contributed by atoms with van der Waals surface area (Å²) in [6, 6.07) is 7.12. The summed E-state index contributed by atoms with van der Waals surface area (Å²) in [5.41, 5.74) is 3.57. The first-order valence-electron chi connectivity index (χ1n) is 9.31. The molecule has 134 valence electrons. The van der Waals surface area contributed by atoms with Gasteiger partial charge in [-0.1, -0.05) is 12.1 Å². The van der Waals surface area contributed by atoms with E-state index in [1.54, 1.807) is 6.20 Å². The number of aromatic nitrogens is 3. The maximum Gasteiger partial charge on any atom is 0.155 e. The Morgan fingerprint density at radius 3 is 2.88 bits per heavy atom. The van der Waals surface area contributed by atoms with Crippen LogP contribution >= 0.6 is 0 Å². The Morgan fingerprint density at radius 1 is 1.12 bits per heavy atom. The van der Waals surface area contributed by atoms with Crippen LogP contribution in [-0.4, -0.2) is 52.1 Å². The summed E-state index contributed by atoms with van der Waals surface area (Å²) >= 11 is 0. The smallest absolute Gasteiger partial charge is 0.155 e. The lowest BCUT2D eigenvalue weighted by atomic mass is 10.0. The fourth-order valence-electron chi connectivity index (χ4n) is 3.97. The minimum Gasteiger partial charge on any atom is -0.493 e. The lowest BCUT2D eigenvalue weighted by Crippen LogP contribution is -2.47. The van der Waals surface area contributed by atoms with E-state index in [-0.39, 0.29) is 0 Å². The molecule has 1 saturated heterocycles. The van der Waals surface area contributed by atoms with Crippen molar-refractivity contribution in [3.05, 3.63) is 54.1 Å². The van der Waals surface area contributed by atoms with E-state index in [0.717, 1.165) is 56.4 Å². The number of anilines is 1. The third-order valence-electron chi connectivity index (χ3n) is 5.65. The molecule has 1 atom stereocenters. The summed E-state index contributed by atoms with van der Waals surface area (Å²) in [5, 5.41) is 0. The highest BCUT2D eigenvalue weighted by atomic mass is 16.5. The standard InChI is InChI=1S/C20H23N5O/c1-15(17-3-2-16-4-11-26-18(16)12-17)23-7-9-24(10-8-23)20-14-25-6-5-21-19(25)13-22-20/h2-3,5-6,12-15H,4,7-11H2,1H3/t15-/m0/s1. The van der Waals surface area contributed by atoms with E-state index in [1.165, 1.54) is 11.1 Å². The number of rotatable bonds is 3. The first kappa shape index (κ1) is 15.6. The molecule has 5 rings (SSSR count). The van der Waals surface area contributed by atoms with E-state index in [0.29, 0.717) is 6.04 Å². The third-order valence-corrected chi connectivity index (χ3v) is 5.65. The molecule has 0 saturated carbocycles. The summed E-state index contributed by atoms with van der Waals surface area (Å²) in [4.78, 5) is 13.7. The molecule has 0 amide bonds. The van der Waals surface area contributed by atoms with Gasteiger partial charge in [-0.2, -0.15) is 0 Å². The monoisotopic (exact) mass is 349 g/mol. The van der Waals surface area contributed by atoms with Gasteiger partial charge in [0.05, 0.1) is 19.0 Å². The zero-order valence-electron chi connectivity index (χ0n) is 15.0. The molecule has 0 aliphatic carbocycles. The predicted octanol–water partition coefficient (Wildman–Crippen LogP) is 2.55. The largest absolute Gasteiger partial charge is 0.493 e. The highest BCUT2D eigenvalue weighted by Gasteiger charge is 2.24. The van der Waals surface area contributed by atoms with Crippen molar-refractivity contribution in [2.75, 3.05) is 37.7 Å². The molecule has 6 nitrogen and oxygen atoms in total. The van der Waals surface area contributed by atoms with Crippen molar-refractivity contribution in [3.63, 3.8) is 0 Å². The van der Waals surface area contributed by atoms with Crippen LogP contribution in [0.25, 0.3) is 5.65 Å². The summed E-state index contributed by atoms with van der Waals surface area (Å²) in [7, 11) is 0. The van der Waals surface area contributed by atoms with Gasteiger partial charge in [0, 0.05) is 51.0 Å². The molecule has 2 aliphatic rings. The molecule has 26 heavy (non-hydrogen) atoms. The summed E-state index contributed by atoms with van der Waals surface area (Å²) in [6.45, 7) is 7.14. The van der Waals surface area contributed by atoms with Gasteiger partial charge in [-0.15, -0.1) is 0 Å². The minimum absolute atomic E-state index is 0.399. The quantitative estimate of drug-likeness (QED) is 0.727. The molecule has 2 aromatic heterocycles. The Morgan fingerprint density at radius 2 is 2.00 bits per heavy atom. The van der Waals surface area contributed by atoms with Gasteiger partial charge < -0.3 is 14.0 Å². The van der Waals surface area contributed by atoms with Crippen molar-refractivity contribution >= 4 is 11.5 Å². The van der Waals surface area contributed by atoms with Gasteiger partial charge in [0.1, 0.15) is 11.6 Å². The van der Waals surface area contributed by atoms with Crippen molar-refractivity contribution in [2.24, 2.45) is 0 Å². The first-order chi connectivity index (χ1) is 12.8. The van der Waals surface area contributed by atoms with Gasteiger partial charge in [0.25, 0.3) is 0 Å². The fourth-order valence-corrected chi connectivity index (χ4v) is 3.97. The molecule has 0 bridgehead atoms. The maximum absolute atomic E-state index is 5.74. The second-order valence-corrected chi connectivity index (χ2v) is 7.10. The lowest BCUT2D eigenvalue weighted by molar-refractivity contribution is 0.198. The summed E-state index contributed by atoms with van der Waals surface area (Å²) < 4.78 is 7.77. The van der Waals surface area contributed by atoms with Gasteiger partial charge in [-0.3, -0.25) is 4.90 Å². The molecule has 0 unspecified atom stereocenters. The number of hydrogen-bond acceptors (Lipinski definition) is 5. The molecule has 2 aliphatic heterocycles. The van der Waals surface area contributed by atoms with Gasteiger partial charge in [-0.05, 0) is 24.1 Å². The fraction of sp³-hybridized carbons (Fsp3) is 0.400. The van der Waals surface area contributed by atoms with Crippen molar-refractivity contribution in [2.45, 2.75) is 19.4 Å². The molecular weight excluding hydrogens is 326 g/mol. The van der Waals surface area contributed by atoms with Crippen molar-refractivity contribution in [1.29, 1.82) is 0 Å². The molecule has 6 heteroatoms. The van der Waals surface area contributed by atoms with Gasteiger partial charge in [0.15, 0.2) is 5.65 Å². The van der Waals surface area contributed by atoms with Crippen molar-refractivity contribution < 1.29 is 4.74 Å². The third kappa shape index (κ3) is 2.70. The van der Waals surface area contributed by atoms with Crippen LogP contribution in [0.3, 0.4) is 0 Å². The topological polar surface area (TPSA) is 45.9 Å². The average Bonchev–Trinajstić information content (AvgIpc) is 3.35. The summed E-state index contributed by atoms with van der Waals surface area (Å²) in [6.07, 6.45) is 8.72. The highest BCUT2D eigenvalue weighted by Crippen LogP contribution is 2.31. The van der Waals surface area contributed by atoms with E-state index in [4.69, 9.17) is 4.74 Å². The zero-order chi connectivity index (χ0) is 17.5. The number of fused-ring (bicyclic) bond motifs is 2. The van der Waals surface area contributed by atoms with E-state index in [9.17, 15) is 0 Å². The Kier molecular flexibility index (Phi) is 3.78. The molecular formula is C20H23N5O. The van der Waals surface area contributed by atoms with E-state index in [1.807, 2.05) is 16.8 Å². The number of benzene rings is 1. The maximum atomic E-state index is 5.74. The second kappa shape index (κ2) is 6.29. The normalized spacial score (nSPS) is 18.7. The molecule has 0 spiro atoms. The van der Waals surface area contributed by atoms with Crippen molar-refractivity contribution in [1.82, 2.24) is 19.3 Å². The Balaban J connectivity index is 1.27. The second-order valence-electron chi connectivity index (χ2n) is 7.10. The van der Waals surface area contributed by atoms with Crippen LogP contribution < -0.4 is 9.64 Å². The highest BCUT2D eigenvalue weighted by molar-refractivity contribution is 5.45. The van der Waals surface area contributed by atoms with Crippen LogP contribution in [-0.2, 0) is 6.42 Å². The van der Waals surface area contributed by atoms with Gasteiger partial charge in [0.2, 0.25) is 0 Å². The number of hydrogen-bond donors (Lipinski definition) is 0. The first-order valence-corrected chi connectivity index (χ1v) is 9.31. The minimum atomic E-state index is 0.399. The predicted molar refractivity (Wildman–Crippen MR) is 101 cm³/mol. The van der Waals surface area contributed by atoms with Crippen molar-refractivity contribution in [3.8, 4) is 5.75 Å². The van der Waals surface area contributed by atoms with E-state index >= 15 is 0 Å². The molecule has 4 heterocycles. The number of piperazine rings is 1. The number of ether oxygens (including phenoxy) is 1. The van der Waals surface area contributed by atoms with Crippen LogP contribution in [0.1, 0.15) is 24.1 Å². The molecule has 1 aromatic carbocycles. The van der Waals surface area contributed by atoms with Crippen LogP contribution in [0, 0.1) is 0 Å². The number of imidazole rings is 1. The Hall–Kier alpha value is -2.60. The molecule has 3 aromatic rings. The average molecular weight is 349 g/mol. The van der Waals surface area contributed by atoms with Crippen LogP contribution in [0.15, 0.2) is 43.0 Å². The molecule has 1 fully saturated rings. The van der Waals surface area contributed by atoms with Crippen LogP contribution in [0.2, 0.25) is 0 Å². The van der Waals surface area contributed by atoms with Crippen LogP contribution in [0.4, 0.5) is 5.82 Å². The van der Waals surface area contributed by atoms with Gasteiger partial charge >= 0.3 is 0 Å². The van der Waals surface area contributed by atoms with E-state index in [2.05, 4.69) is 51.1 Å². The number of nitrogens with zero attached hydrogens (tertiary/aromatic N) is 5. The Labute approximate surface area is 153 Å². The summed E-state index contributed by atoms with van der Waals surface area (Å²) in [5.74, 6) is 2.10. The molecule has 0 N–H and O–H groups in total. The Bertz CT molecular complexity index is 929. The lowest BCUT2D eigenvalue weighted by Gasteiger charge is -2.38. The SMILES string of the molecule is C[C@@H](c1ccc2c(c1)OCC2)N1CCN(c2cn3ccnc3cn2)CC1. The van der Waals surface area contributed by atoms with Gasteiger partial charge in [-0.25, -0.2) is 9.97 Å².